The third-order valence-electron chi connectivity index (χ3n) is 3.25. The fourth-order valence-electron chi connectivity index (χ4n) is 1.99. The zero-order valence-corrected chi connectivity index (χ0v) is 12.9. The molecule has 2 N–H and O–H groups in total. The fourth-order valence-corrected chi connectivity index (χ4v) is 2.60. The van der Waals surface area contributed by atoms with Crippen LogP contribution < -0.4 is 10.0 Å². The van der Waals surface area contributed by atoms with E-state index in [-0.39, 0.29) is 5.75 Å². The number of rotatable bonds is 7. The number of hydrogen-bond acceptors (Lipinski definition) is 3. The highest BCUT2D eigenvalue weighted by Crippen LogP contribution is 2.19. The molecule has 112 valence electrons. The molecule has 0 atom stereocenters. The summed E-state index contributed by atoms with van der Waals surface area (Å²) in [6, 6.07) is 18.5. The van der Waals surface area contributed by atoms with Crippen LogP contribution in [0.1, 0.15) is 5.56 Å². The maximum atomic E-state index is 11.3. The normalized spacial score (nSPS) is 11.5. The first-order chi connectivity index (χ1) is 10.1. The Morgan fingerprint density at radius 3 is 2.14 bits per heavy atom. The SMILES string of the molecule is CNS(=O)(=O)CCNCc1ccc(-c2ccccc2)cc1. The maximum absolute atomic E-state index is 11.3. The molecule has 0 saturated carbocycles. The van der Waals surface area contributed by atoms with E-state index in [1.807, 2.05) is 18.2 Å². The van der Waals surface area contributed by atoms with Gasteiger partial charge < -0.3 is 5.32 Å². The van der Waals surface area contributed by atoms with Crippen LogP contribution in [0.3, 0.4) is 0 Å². The lowest BCUT2D eigenvalue weighted by Crippen LogP contribution is -2.29. The Morgan fingerprint density at radius 2 is 1.52 bits per heavy atom. The summed E-state index contributed by atoms with van der Waals surface area (Å²) in [6.07, 6.45) is 0. The van der Waals surface area contributed by atoms with Gasteiger partial charge in [0.25, 0.3) is 0 Å². The Bertz CT molecular complexity index is 652. The van der Waals surface area contributed by atoms with Gasteiger partial charge in [-0.2, -0.15) is 0 Å². The van der Waals surface area contributed by atoms with Crippen LogP contribution in [0, 0.1) is 0 Å². The maximum Gasteiger partial charge on any atom is 0.212 e. The second kappa shape index (κ2) is 7.36. The van der Waals surface area contributed by atoms with E-state index >= 15 is 0 Å². The number of nitrogens with one attached hydrogen (secondary N) is 2. The molecule has 0 heterocycles. The van der Waals surface area contributed by atoms with Crippen molar-refractivity contribution in [2.45, 2.75) is 6.54 Å². The van der Waals surface area contributed by atoms with Gasteiger partial charge >= 0.3 is 0 Å². The Kier molecular flexibility index (Phi) is 5.50. The van der Waals surface area contributed by atoms with Crippen molar-refractivity contribution in [1.82, 2.24) is 10.0 Å². The fraction of sp³-hybridized carbons (Fsp3) is 0.250. The van der Waals surface area contributed by atoms with Crippen molar-refractivity contribution in [3.63, 3.8) is 0 Å². The van der Waals surface area contributed by atoms with Gasteiger partial charge in [0, 0.05) is 13.1 Å². The first-order valence-corrected chi connectivity index (χ1v) is 8.52. The van der Waals surface area contributed by atoms with Crippen molar-refractivity contribution >= 4 is 10.0 Å². The molecule has 0 radical (unpaired) electrons. The molecule has 2 rings (SSSR count). The molecular weight excluding hydrogens is 284 g/mol. The van der Waals surface area contributed by atoms with Crippen LogP contribution in [0.4, 0.5) is 0 Å². The standard InChI is InChI=1S/C16H20N2O2S/c1-17-21(19,20)12-11-18-13-14-7-9-16(10-8-14)15-5-3-2-4-6-15/h2-10,17-18H,11-13H2,1H3. The monoisotopic (exact) mass is 304 g/mol. The molecule has 2 aromatic carbocycles. The second-order valence-electron chi connectivity index (χ2n) is 4.76. The molecule has 2 aromatic rings. The first-order valence-electron chi connectivity index (χ1n) is 6.87. The Balaban J connectivity index is 1.86. The van der Waals surface area contributed by atoms with Gasteiger partial charge in [0.2, 0.25) is 10.0 Å². The van der Waals surface area contributed by atoms with Gasteiger partial charge in [0.05, 0.1) is 5.75 Å². The molecule has 0 aliphatic rings. The van der Waals surface area contributed by atoms with Gasteiger partial charge in [0.15, 0.2) is 0 Å². The van der Waals surface area contributed by atoms with Crippen LogP contribution in [-0.2, 0) is 16.6 Å². The minimum absolute atomic E-state index is 0.0889. The van der Waals surface area contributed by atoms with E-state index in [0.717, 1.165) is 5.56 Å². The summed E-state index contributed by atoms with van der Waals surface area (Å²) in [4.78, 5) is 0. The molecule has 0 saturated heterocycles. The summed E-state index contributed by atoms with van der Waals surface area (Å²) < 4.78 is 24.8. The largest absolute Gasteiger partial charge is 0.312 e. The Morgan fingerprint density at radius 1 is 0.905 bits per heavy atom. The predicted molar refractivity (Wildman–Crippen MR) is 86.4 cm³/mol. The molecular formula is C16H20N2O2S. The van der Waals surface area contributed by atoms with E-state index in [9.17, 15) is 8.42 Å². The lowest BCUT2D eigenvalue weighted by Gasteiger charge is -2.07. The number of sulfonamides is 1. The molecule has 0 aromatic heterocycles. The molecule has 0 aliphatic heterocycles. The highest BCUT2D eigenvalue weighted by atomic mass is 32.2. The third-order valence-corrected chi connectivity index (χ3v) is 4.61. The van der Waals surface area contributed by atoms with Crippen LogP contribution in [0.15, 0.2) is 54.6 Å². The molecule has 0 unspecified atom stereocenters. The predicted octanol–water partition coefficient (Wildman–Crippen LogP) is 1.99. The summed E-state index contributed by atoms with van der Waals surface area (Å²) in [6.45, 7) is 1.10. The van der Waals surface area contributed by atoms with E-state index in [4.69, 9.17) is 0 Å². The molecule has 4 nitrogen and oxygen atoms in total. The van der Waals surface area contributed by atoms with Crippen molar-refractivity contribution < 1.29 is 8.42 Å². The average Bonchev–Trinajstić information content (AvgIpc) is 2.53. The molecule has 5 heteroatoms. The van der Waals surface area contributed by atoms with Gasteiger partial charge in [-0.05, 0) is 23.7 Å². The minimum atomic E-state index is -3.13. The van der Waals surface area contributed by atoms with E-state index in [0.29, 0.717) is 13.1 Å². The zero-order valence-electron chi connectivity index (χ0n) is 12.0. The quantitative estimate of drug-likeness (QED) is 0.769. The van der Waals surface area contributed by atoms with Gasteiger partial charge in [-0.1, -0.05) is 54.6 Å². The van der Waals surface area contributed by atoms with Crippen molar-refractivity contribution in [2.24, 2.45) is 0 Å². The van der Waals surface area contributed by atoms with Crippen LogP contribution in [0.2, 0.25) is 0 Å². The molecule has 21 heavy (non-hydrogen) atoms. The summed E-state index contributed by atoms with van der Waals surface area (Å²) >= 11 is 0. The molecule has 0 spiro atoms. The van der Waals surface area contributed by atoms with Crippen LogP contribution in [0.5, 0.6) is 0 Å². The lowest BCUT2D eigenvalue weighted by molar-refractivity contribution is 0.583. The first kappa shape index (κ1) is 15.7. The molecule has 0 amide bonds. The van der Waals surface area contributed by atoms with Crippen molar-refractivity contribution in [3.8, 4) is 11.1 Å². The van der Waals surface area contributed by atoms with Crippen LogP contribution in [0.25, 0.3) is 11.1 Å². The summed E-state index contributed by atoms with van der Waals surface area (Å²) in [5.74, 6) is 0.0889. The van der Waals surface area contributed by atoms with Gasteiger partial charge in [-0.25, -0.2) is 13.1 Å². The van der Waals surface area contributed by atoms with E-state index < -0.39 is 10.0 Å². The van der Waals surface area contributed by atoms with Gasteiger partial charge in [0.1, 0.15) is 0 Å². The highest BCUT2D eigenvalue weighted by molar-refractivity contribution is 7.89. The second-order valence-corrected chi connectivity index (χ2v) is 6.81. The van der Waals surface area contributed by atoms with Crippen molar-refractivity contribution in [1.29, 1.82) is 0 Å². The smallest absolute Gasteiger partial charge is 0.212 e. The highest BCUT2D eigenvalue weighted by Gasteiger charge is 2.05. The van der Waals surface area contributed by atoms with Gasteiger partial charge in [-0.3, -0.25) is 0 Å². The number of hydrogen-bond donors (Lipinski definition) is 2. The minimum Gasteiger partial charge on any atom is -0.312 e. The summed E-state index contributed by atoms with van der Waals surface area (Å²) in [5, 5.41) is 3.13. The van der Waals surface area contributed by atoms with E-state index in [1.165, 1.54) is 18.2 Å². The molecule has 0 bridgehead atoms. The zero-order chi connectivity index (χ0) is 15.1. The van der Waals surface area contributed by atoms with Gasteiger partial charge in [-0.15, -0.1) is 0 Å². The van der Waals surface area contributed by atoms with E-state index in [1.54, 1.807) is 0 Å². The molecule has 0 fully saturated rings. The lowest BCUT2D eigenvalue weighted by atomic mass is 10.0. The number of benzene rings is 2. The van der Waals surface area contributed by atoms with E-state index in [2.05, 4.69) is 46.4 Å². The topological polar surface area (TPSA) is 58.2 Å². The summed E-state index contributed by atoms with van der Waals surface area (Å²) in [5.41, 5.74) is 3.51. The van der Waals surface area contributed by atoms with Crippen LogP contribution >= 0.6 is 0 Å². The Hall–Kier alpha value is -1.69. The Labute approximate surface area is 126 Å². The molecule has 0 aliphatic carbocycles. The third kappa shape index (κ3) is 4.97. The van der Waals surface area contributed by atoms with Crippen LogP contribution in [-0.4, -0.2) is 27.8 Å². The van der Waals surface area contributed by atoms with Crippen molar-refractivity contribution in [2.75, 3.05) is 19.3 Å². The summed E-state index contributed by atoms with van der Waals surface area (Å²) in [7, 11) is -1.70. The average molecular weight is 304 g/mol. The van der Waals surface area contributed by atoms with Crippen molar-refractivity contribution in [3.05, 3.63) is 60.2 Å².